The van der Waals surface area contributed by atoms with Crippen LogP contribution >= 0.6 is 15.9 Å². The van der Waals surface area contributed by atoms with E-state index in [0.717, 1.165) is 15.9 Å². The predicted octanol–water partition coefficient (Wildman–Crippen LogP) is 3.03. The first-order valence-corrected chi connectivity index (χ1v) is 5.18. The largest absolute Gasteiger partial charge is 0.497 e. The summed E-state index contributed by atoms with van der Waals surface area (Å²) in [6.07, 6.45) is 2.57. The van der Waals surface area contributed by atoms with Gasteiger partial charge >= 0.3 is 0 Å². The fourth-order valence-electron chi connectivity index (χ4n) is 1.23. The predicted molar refractivity (Wildman–Crippen MR) is 57.3 cm³/mol. The monoisotopic (exact) mass is 241 g/mol. The Morgan fingerprint density at radius 1 is 1.38 bits per heavy atom. The van der Waals surface area contributed by atoms with E-state index in [1.165, 1.54) is 12.8 Å². The van der Waals surface area contributed by atoms with Gasteiger partial charge in [-0.1, -0.05) is 15.9 Å². The van der Waals surface area contributed by atoms with Crippen LogP contribution < -0.4 is 10.1 Å². The highest BCUT2D eigenvalue weighted by atomic mass is 79.9. The maximum Gasteiger partial charge on any atom is 0.122 e. The van der Waals surface area contributed by atoms with Gasteiger partial charge in [0.1, 0.15) is 5.75 Å². The average molecular weight is 242 g/mol. The number of ether oxygens (including phenoxy) is 1. The lowest BCUT2D eigenvalue weighted by Gasteiger charge is -2.07. The summed E-state index contributed by atoms with van der Waals surface area (Å²) in [6.45, 7) is 0. The van der Waals surface area contributed by atoms with Crippen LogP contribution in [0.1, 0.15) is 12.8 Å². The van der Waals surface area contributed by atoms with Crippen LogP contribution in [0.4, 0.5) is 5.69 Å². The van der Waals surface area contributed by atoms with Crippen LogP contribution in [-0.2, 0) is 0 Å². The second-order valence-corrected chi connectivity index (χ2v) is 4.21. The van der Waals surface area contributed by atoms with Crippen LogP contribution in [0.3, 0.4) is 0 Å². The van der Waals surface area contributed by atoms with Gasteiger partial charge in [0.2, 0.25) is 0 Å². The van der Waals surface area contributed by atoms with Gasteiger partial charge in [0.25, 0.3) is 0 Å². The van der Waals surface area contributed by atoms with Crippen molar-refractivity contribution in [2.45, 2.75) is 18.9 Å². The first-order chi connectivity index (χ1) is 6.28. The summed E-state index contributed by atoms with van der Waals surface area (Å²) < 4.78 is 6.22. The molecular weight excluding hydrogens is 230 g/mol. The Morgan fingerprint density at radius 2 is 2.15 bits per heavy atom. The van der Waals surface area contributed by atoms with E-state index in [-0.39, 0.29) is 0 Å². The number of hydrogen-bond donors (Lipinski definition) is 1. The number of anilines is 1. The summed E-state index contributed by atoms with van der Waals surface area (Å²) in [7, 11) is 1.68. The van der Waals surface area contributed by atoms with E-state index in [9.17, 15) is 0 Å². The van der Waals surface area contributed by atoms with E-state index >= 15 is 0 Å². The van der Waals surface area contributed by atoms with Crippen molar-refractivity contribution in [3.63, 3.8) is 0 Å². The highest BCUT2D eigenvalue weighted by Crippen LogP contribution is 2.29. The molecule has 3 heteroatoms. The number of methoxy groups -OCH3 is 1. The zero-order chi connectivity index (χ0) is 9.26. The molecule has 0 bridgehead atoms. The first-order valence-electron chi connectivity index (χ1n) is 4.39. The van der Waals surface area contributed by atoms with E-state index in [0.29, 0.717) is 6.04 Å². The average Bonchev–Trinajstić information content (AvgIpc) is 2.87. The molecule has 0 aliphatic heterocycles. The van der Waals surface area contributed by atoms with Crippen molar-refractivity contribution in [1.29, 1.82) is 0 Å². The third-order valence-corrected chi connectivity index (χ3v) is 2.51. The van der Waals surface area contributed by atoms with E-state index < -0.39 is 0 Å². The molecule has 0 atom stereocenters. The fraction of sp³-hybridized carbons (Fsp3) is 0.400. The SMILES string of the molecule is COc1cc(Br)cc(NC2CC2)c1. The van der Waals surface area contributed by atoms with Crippen LogP contribution in [0.5, 0.6) is 5.75 Å². The van der Waals surface area contributed by atoms with Crippen LogP contribution in [0.25, 0.3) is 0 Å². The van der Waals surface area contributed by atoms with Gasteiger partial charge < -0.3 is 10.1 Å². The minimum atomic E-state index is 0.680. The van der Waals surface area contributed by atoms with Crippen molar-refractivity contribution >= 4 is 21.6 Å². The standard InChI is InChI=1S/C10H12BrNO/c1-13-10-5-7(11)4-9(6-10)12-8-2-3-8/h4-6,8,12H,2-3H2,1H3. The molecule has 0 heterocycles. The van der Waals surface area contributed by atoms with Gasteiger partial charge in [-0.25, -0.2) is 0 Å². The molecule has 1 aliphatic rings. The maximum atomic E-state index is 5.17. The van der Waals surface area contributed by atoms with Crippen LogP contribution in [0.2, 0.25) is 0 Å². The summed E-state index contributed by atoms with van der Waals surface area (Å²) in [5, 5.41) is 3.42. The molecule has 1 saturated carbocycles. The minimum absolute atomic E-state index is 0.680. The van der Waals surface area contributed by atoms with E-state index in [1.807, 2.05) is 12.1 Å². The van der Waals surface area contributed by atoms with Crippen molar-refractivity contribution < 1.29 is 4.74 Å². The summed E-state index contributed by atoms with van der Waals surface area (Å²) in [6, 6.07) is 6.72. The van der Waals surface area contributed by atoms with Crippen LogP contribution in [0.15, 0.2) is 22.7 Å². The normalized spacial score (nSPS) is 15.5. The van der Waals surface area contributed by atoms with E-state index in [1.54, 1.807) is 7.11 Å². The van der Waals surface area contributed by atoms with Crippen molar-refractivity contribution in [2.24, 2.45) is 0 Å². The number of benzene rings is 1. The Labute approximate surface area is 86.4 Å². The minimum Gasteiger partial charge on any atom is -0.497 e. The third kappa shape index (κ3) is 2.37. The number of nitrogens with one attached hydrogen (secondary N) is 1. The highest BCUT2D eigenvalue weighted by molar-refractivity contribution is 9.10. The molecule has 13 heavy (non-hydrogen) atoms. The second-order valence-electron chi connectivity index (χ2n) is 3.30. The lowest BCUT2D eigenvalue weighted by molar-refractivity contribution is 0.414. The Morgan fingerprint density at radius 3 is 2.77 bits per heavy atom. The molecule has 1 N–H and O–H groups in total. The zero-order valence-electron chi connectivity index (χ0n) is 7.51. The van der Waals surface area contributed by atoms with E-state index in [4.69, 9.17) is 4.74 Å². The molecule has 0 spiro atoms. The highest BCUT2D eigenvalue weighted by Gasteiger charge is 2.20. The van der Waals surface area contributed by atoms with Crippen molar-refractivity contribution in [1.82, 2.24) is 0 Å². The Bertz CT molecular complexity index is 310. The van der Waals surface area contributed by atoms with Gasteiger partial charge in [0, 0.05) is 22.3 Å². The van der Waals surface area contributed by atoms with Gasteiger partial charge in [-0.05, 0) is 25.0 Å². The lowest BCUT2D eigenvalue weighted by Crippen LogP contribution is -2.00. The molecule has 0 saturated heterocycles. The molecule has 2 nitrogen and oxygen atoms in total. The first kappa shape index (κ1) is 8.88. The summed E-state index contributed by atoms with van der Waals surface area (Å²) >= 11 is 3.44. The molecule has 2 rings (SSSR count). The molecule has 1 aromatic rings. The molecule has 0 amide bonds. The Kier molecular flexibility index (Phi) is 2.44. The number of halogens is 1. The van der Waals surface area contributed by atoms with Gasteiger partial charge in [0.05, 0.1) is 7.11 Å². The summed E-state index contributed by atoms with van der Waals surface area (Å²) in [5.41, 5.74) is 1.13. The molecular formula is C10H12BrNO. The molecule has 70 valence electrons. The van der Waals surface area contributed by atoms with Crippen LogP contribution in [-0.4, -0.2) is 13.2 Å². The van der Waals surface area contributed by atoms with Crippen molar-refractivity contribution in [2.75, 3.05) is 12.4 Å². The second kappa shape index (κ2) is 3.58. The van der Waals surface area contributed by atoms with Crippen molar-refractivity contribution in [3.05, 3.63) is 22.7 Å². The molecule has 1 fully saturated rings. The van der Waals surface area contributed by atoms with Gasteiger partial charge in [-0.2, -0.15) is 0 Å². The quantitative estimate of drug-likeness (QED) is 0.879. The number of hydrogen-bond acceptors (Lipinski definition) is 2. The zero-order valence-corrected chi connectivity index (χ0v) is 9.10. The molecule has 1 aromatic carbocycles. The smallest absolute Gasteiger partial charge is 0.122 e. The van der Waals surface area contributed by atoms with Crippen LogP contribution in [0, 0.1) is 0 Å². The molecule has 0 unspecified atom stereocenters. The molecule has 0 radical (unpaired) electrons. The third-order valence-electron chi connectivity index (χ3n) is 2.06. The summed E-state index contributed by atoms with van der Waals surface area (Å²) in [4.78, 5) is 0. The van der Waals surface area contributed by atoms with E-state index in [2.05, 4.69) is 27.3 Å². The topological polar surface area (TPSA) is 21.3 Å². The summed E-state index contributed by atoms with van der Waals surface area (Å²) in [5.74, 6) is 0.887. The van der Waals surface area contributed by atoms with Crippen molar-refractivity contribution in [3.8, 4) is 5.75 Å². The van der Waals surface area contributed by atoms with Gasteiger partial charge in [0.15, 0.2) is 0 Å². The van der Waals surface area contributed by atoms with Gasteiger partial charge in [-0.3, -0.25) is 0 Å². The fourth-order valence-corrected chi connectivity index (χ4v) is 1.70. The lowest BCUT2D eigenvalue weighted by atomic mass is 10.3. The Balaban J connectivity index is 2.17. The van der Waals surface area contributed by atoms with Gasteiger partial charge in [-0.15, -0.1) is 0 Å². The Hall–Kier alpha value is -0.700. The molecule has 1 aliphatic carbocycles. The maximum absolute atomic E-state index is 5.17. The number of rotatable bonds is 3. The molecule has 0 aromatic heterocycles.